The average molecular weight is 374 g/mol. The highest BCUT2D eigenvalue weighted by atomic mass is 16.2. The second kappa shape index (κ2) is 6.67. The lowest BCUT2D eigenvalue weighted by Crippen LogP contribution is -2.48. The molecule has 1 aromatic carbocycles. The lowest BCUT2D eigenvalue weighted by Gasteiger charge is -2.34. The largest absolute Gasteiger partial charge is 0.366 e. The summed E-state index contributed by atoms with van der Waals surface area (Å²) in [6.07, 6.45) is 6.08. The molecule has 4 heterocycles. The number of nitrogens with zero attached hydrogens (tertiary/aromatic N) is 5. The second-order valence-corrected chi connectivity index (χ2v) is 7.14. The van der Waals surface area contributed by atoms with E-state index in [-0.39, 0.29) is 5.91 Å². The van der Waals surface area contributed by atoms with Crippen molar-refractivity contribution < 1.29 is 4.79 Å². The summed E-state index contributed by atoms with van der Waals surface area (Å²) >= 11 is 0. The lowest BCUT2D eigenvalue weighted by atomic mass is 10.00. The van der Waals surface area contributed by atoms with E-state index in [0.29, 0.717) is 0 Å². The Morgan fingerprint density at radius 2 is 1.89 bits per heavy atom. The molecule has 3 aromatic rings. The van der Waals surface area contributed by atoms with Gasteiger partial charge < -0.3 is 15.1 Å². The molecule has 2 aromatic heterocycles. The highest BCUT2D eigenvalue weighted by molar-refractivity contribution is 5.86. The topological polar surface area (TPSA) is 65.8 Å². The molecule has 2 aliphatic heterocycles. The molecular weight excluding hydrogens is 352 g/mol. The molecule has 1 fully saturated rings. The van der Waals surface area contributed by atoms with Gasteiger partial charge in [-0.05, 0) is 5.56 Å². The third kappa shape index (κ3) is 2.79. The van der Waals surface area contributed by atoms with Gasteiger partial charge >= 0.3 is 0 Å². The molecule has 1 saturated heterocycles. The molecule has 0 saturated carbocycles. The summed E-state index contributed by atoms with van der Waals surface area (Å²) in [4.78, 5) is 25.2. The van der Waals surface area contributed by atoms with Crippen molar-refractivity contribution in [2.75, 3.05) is 42.9 Å². The Kier molecular flexibility index (Phi) is 4.00. The van der Waals surface area contributed by atoms with Gasteiger partial charge in [-0.15, -0.1) is 0 Å². The van der Waals surface area contributed by atoms with Crippen LogP contribution in [0.2, 0.25) is 0 Å². The second-order valence-electron chi connectivity index (χ2n) is 7.14. The van der Waals surface area contributed by atoms with Crippen molar-refractivity contribution in [3.8, 4) is 0 Å². The van der Waals surface area contributed by atoms with Crippen molar-refractivity contribution in [3.05, 3.63) is 60.1 Å². The fraction of sp³-hybridized carbons (Fsp3) is 0.286. The maximum Gasteiger partial charge on any atom is 0.219 e. The first-order valence-corrected chi connectivity index (χ1v) is 9.59. The standard InChI is InChI=1S/C21H22N6O/c1-15(28)25-9-11-26(12-10-25)19-14-27-18(24-19)13-23-20-17(7-8-22-21(20)27)16-5-3-2-4-6-16/h2-7,13-14,22H,8-12H2,1H3. The van der Waals surface area contributed by atoms with Gasteiger partial charge in [-0.1, -0.05) is 36.4 Å². The Morgan fingerprint density at radius 3 is 2.64 bits per heavy atom. The van der Waals surface area contributed by atoms with Crippen LogP contribution in [0.5, 0.6) is 0 Å². The van der Waals surface area contributed by atoms with E-state index in [0.717, 1.165) is 66.8 Å². The van der Waals surface area contributed by atoms with Crippen LogP contribution in [0.4, 0.5) is 11.6 Å². The Labute approximate surface area is 163 Å². The molecule has 1 amide bonds. The molecule has 2 aliphatic rings. The zero-order valence-electron chi connectivity index (χ0n) is 15.8. The number of anilines is 2. The van der Waals surface area contributed by atoms with Gasteiger partial charge in [0.05, 0.1) is 12.4 Å². The number of piperazine rings is 1. The van der Waals surface area contributed by atoms with Gasteiger partial charge in [-0.25, -0.2) is 9.97 Å². The van der Waals surface area contributed by atoms with Crippen LogP contribution >= 0.6 is 0 Å². The number of aromatic nitrogens is 3. The molecule has 0 aliphatic carbocycles. The number of imidazole rings is 1. The SMILES string of the molecule is CC(=O)N1CCN(c2cn3c4c(ncc3n2)C(c2ccccc2)=CCN4)CC1. The van der Waals surface area contributed by atoms with Crippen molar-refractivity contribution in [1.82, 2.24) is 19.3 Å². The van der Waals surface area contributed by atoms with E-state index in [1.165, 1.54) is 0 Å². The van der Waals surface area contributed by atoms with E-state index in [1.54, 1.807) is 6.92 Å². The predicted molar refractivity (Wildman–Crippen MR) is 109 cm³/mol. The molecule has 28 heavy (non-hydrogen) atoms. The molecule has 7 nitrogen and oxygen atoms in total. The molecule has 1 N–H and O–H groups in total. The van der Waals surface area contributed by atoms with E-state index in [2.05, 4.69) is 39.0 Å². The summed E-state index contributed by atoms with van der Waals surface area (Å²) in [5, 5.41) is 3.46. The van der Waals surface area contributed by atoms with Crippen LogP contribution in [-0.2, 0) is 4.79 Å². The minimum Gasteiger partial charge on any atom is -0.366 e. The fourth-order valence-electron chi connectivity index (χ4n) is 3.94. The van der Waals surface area contributed by atoms with Gasteiger partial charge in [-0.3, -0.25) is 9.20 Å². The van der Waals surface area contributed by atoms with Crippen molar-refractivity contribution in [2.45, 2.75) is 6.92 Å². The first-order chi connectivity index (χ1) is 13.7. The molecule has 0 spiro atoms. The number of nitrogens with one attached hydrogen (secondary N) is 1. The summed E-state index contributed by atoms with van der Waals surface area (Å²) in [5.74, 6) is 2.04. The minimum atomic E-state index is 0.136. The number of amides is 1. The summed E-state index contributed by atoms with van der Waals surface area (Å²) in [6, 6.07) is 10.3. The molecule has 0 bridgehead atoms. The molecular formula is C21H22N6O. The van der Waals surface area contributed by atoms with Gasteiger partial charge in [-0.2, -0.15) is 0 Å². The number of carbonyl (C=O) groups excluding carboxylic acids is 1. The highest BCUT2D eigenvalue weighted by Gasteiger charge is 2.23. The normalized spacial score (nSPS) is 16.5. The Balaban J connectivity index is 1.49. The number of fused-ring (bicyclic) bond motifs is 3. The van der Waals surface area contributed by atoms with E-state index >= 15 is 0 Å². The van der Waals surface area contributed by atoms with Crippen LogP contribution < -0.4 is 10.2 Å². The van der Waals surface area contributed by atoms with Gasteiger partial charge in [0.1, 0.15) is 17.3 Å². The maximum atomic E-state index is 11.6. The third-order valence-electron chi connectivity index (χ3n) is 5.46. The van der Waals surface area contributed by atoms with Gasteiger partial charge in [0.25, 0.3) is 0 Å². The molecule has 142 valence electrons. The molecule has 0 unspecified atom stereocenters. The van der Waals surface area contributed by atoms with Crippen LogP contribution in [0, 0.1) is 0 Å². The summed E-state index contributed by atoms with van der Waals surface area (Å²) in [5.41, 5.74) is 4.07. The first-order valence-electron chi connectivity index (χ1n) is 9.59. The Bertz CT molecular complexity index is 1060. The molecule has 7 heteroatoms. The summed E-state index contributed by atoms with van der Waals surface area (Å²) in [7, 11) is 0. The van der Waals surface area contributed by atoms with Crippen LogP contribution in [0.1, 0.15) is 18.2 Å². The summed E-state index contributed by atoms with van der Waals surface area (Å²) < 4.78 is 2.09. The molecule has 5 rings (SSSR count). The van der Waals surface area contributed by atoms with Gasteiger partial charge in [0.2, 0.25) is 5.91 Å². The number of carbonyl (C=O) groups is 1. The highest BCUT2D eigenvalue weighted by Crippen LogP contribution is 2.32. The number of benzene rings is 1. The minimum absolute atomic E-state index is 0.136. The van der Waals surface area contributed by atoms with Crippen LogP contribution in [0.25, 0.3) is 11.2 Å². The van der Waals surface area contributed by atoms with Crippen LogP contribution in [-0.4, -0.2) is 57.9 Å². The van der Waals surface area contributed by atoms with E-state index < -0.39 is 0 Å². The maximum absolute atomic E-state index is 11.6. The third-order valence-corrected chi connectivity index (χ3v) is 5.46. The number of hydrogen-bond acceptors (Lipinski definition) is 5. The molecule has 0 radical (unpaired) electrons. The first kappa shape index (κ1) is 16.8. The van der Waals surface area contributed by atoms with Gasteiger partial charge in [0.15, 0.2) is 5.65 Å². The lowest BCUT2D eigenvalue weighted by molar-refractivity contribution is -0.129. The van der Waals surface area contributed by atoms with E-state index in [4.69, 9.17) is 9.97 Å². The zero-order valence-corrected chi connectivity index (χ0v) is 15.8. The smallest absolute Gasteiger partial charge is 0.219 e. The number of rotatable bonds is 2. The Hall–Kier alpha value is -3.35. The molecule has 0 atom stereocenters. The monoisotopic (exact) mass is 374 g/mol. The van der Waals surface area contributed by atoms with Gasteiger partial charge in [0, 0.05) is 45.2 Å². The predicted octanol–water partition coefficient (Wildman–Crippen LogP) is 2.25. The van der Waals surface area contributed by atoms with E-state index in [1.807, 2.05) is 29.3 Å². The van der Waals surface area contributed by atoms with Crippen molar-refractivity contribution >= 4 is 28.8 Å². The average Bonchev–Trinajstić information content (AvgIpc) is 3.19. The van der Waals surface area contributed by atoms with Crippen molar-refractivity contribution in [1.29, 1.82) is 0 Å². The van der Waals surface area contributed by atoms with Crippen LogP contribution in [0.3, 0.4) is 0 Å². The summed E-state index contributed by atoms with van der Waals surface area (Å²) in [6.45, 7) is 5.44. The quantitative estimate of drug-likeness (QED) is 0.745. The fourth-order valence-corrected chi connectivity index (χ4v) is 3.94. The van der Waals surface area contributed by atoms with Crippen molar-refractivity contribution in [2.24, 2.45) is 0 Å². The van der Waals surface area contributed by atoms with Crippen LogP contribution in [0.15, 0.2) is 48.8 Å². The van der Waals surface area contributed by atoms with Crippen molar-refractivity contribution in [3.63, 3.8) is 0 Å². The zero-order chi connectivity index (χ0) is 19.1. The number of hydrogen-bond donors (Lipinski definition) is 1. The van der Waals surface area contributed by atoms with E-state index in [9.17, 15) is 4.79 Å². The Morgan fingerprint density at radius 1 is 1.11 bits per heavy atom.